The molecule has 0 bridgehead atoms. The van der Waals surface area contributed by atoms with Gasteiger partial charge in [0.2, 0.25) is 0 Å². The van der Waals surface area contributed by atoms with Crippen LogP contribution in [0.2, 0.25) is 0 Å². The summed E-state index contributed by atoms with van der Waals surface area (Å²) < 4.78 is 5.78. The Hall–Kier alpha value is -0.0400. The zero-order chi connectivity index (χ0) is 19.9. The summed E-state index contributed by atoms with van der Waals surface area (Å²) in [5, 5.41) is 0. The van der Waals surface area contributed by atoms with Gasteiger partial charge in [-0.3, -0.25) is 0 Å². The molecule has 4 rings (SSSR count). The molecule has 0 radical (unpaired) electrons. The van der Waals surface area contributed by atoms with E-state index in [0.29, 0.717) is 16.9 Å². The minimum absolute atomic E-state index is 0.546. The van der Waals surface area contributed by atoms with Gasteiger partial charge in [0.15, 0.2) is 0 Å². The molecule has 0 aromatic carbocycles. The molecular weight excluding hydrogens is 340 g/mol. The molecule has 0 N–H and O–H groups in total. The van der Waals surface area contributed by atoms with Gasteiger partial charge in [-0.2, -0.15) is 0 Å². The molecule has 4 aliphatic carbocycles. The Bertz CT molecular complexity index is 526. The number of hydrogen-bond donors (Lipinski definition) is 0. The molecule has 0 saturated heterocycles. The molecule has 0 amide bonds. The van der Waals surface area contributed by atoms with Crippen molar-refractivity contribution in [2.24, 2.45) is 46.3 Å². The smallest absolute Gasteiger partial charge is 0.0574 e. The predicted octanol–water partition coefficient (Wildman–Crippen LogP) is 7.88. The average Bonchev–Trinajstić information content (AvgIpc) is 3.01. The van der Waals surface area contributed by atoms with Crippen molar-refractivity contribution in [2.75, 3.05) is 7.11 Å². The molecule has 0 spiro atoms. The fraction of sp³-hybridized carbons (Fsp3) is 1.00. The maximum atomic E-state index is 5.78. The summed E-state index contributed by atoms with van der Waals surface area (Å²) in [6.07, 6.45) is 19.7. The fourth-order valence-electron chi connectivity index (χ4n) is 8.96. The molecule has 1 heteroatoms. The largest absolute Gasteiger partial charge is 0.381 e. The Balaban J connectivity index is 1.42. The van der Waals surface area contributed by atoms with Gasteiger partial charge < -0.3 is 4.74 Å². The van der Waals surface area contributed by atoms with E-state index in [1.54, 1.807) is 6.42 Å². The maximum Gasteiger partial charge on any atom is 0.0574 e. The molecule has 8 unspecified atom stereocenters. The second kappa shape index (κ2) is 8.24. The van der Waals surface area contributed by atoms with Crippen molar-refractivity contribution >= 4 is 0 Å². The monoisotopic (exact) mass is 388 g/mol. The lowest BCUT2D eigenvalue weighted by atomic mass is 9.44. The molecule has 28 heavy (non-hydrogen) atoms. The molecule has 0 heterocycles. The Morgan fingerprint density at radius 2 is 1.61 bits per heavy atom. The number of rotatable bonds is 6. The van der Waals surface area contributed by atoms with Crippen LogP contribution in [0.3, 0.4) is 0 Å². The summed E-state index contributed by atoms with van der Waals surface area (Å²) in [7, 11) is 1.94. The van der Waals surface area contributed by atoms with Gasteiger partial charge in [-0.25, -0.2) is 0 Å². The average molecular weight is 389 g/mol. The fourth-order valence-corrected chi connectivity index (χ4v) is 8.96. The number of unbranched alkanes of at least 4 members (excludes halogenated alkanes) is 1. The van der Waals surface area contributed by atoms with E-state index in [9.17, 15) is 0 Å². The first-order chi connectivity index (χ1) is 13.4. The van der Waals surface area contributed by atoms with Gasteiger partial charge in [-0.15, -0.1) is 0 Å². The highest BCUT2D eigenvalue weighted by atomic mass is 16.5. The summed E-state index contributed by atoms with van der Waals surface area (Å²) >= 11 is 0. The van der Waals surface area contributed by atoms with Crippen molar-refractivity contribution in [3.8, 4) is 0 Å². The van der Waals surface area contributed by atoms with Gasteiger partial charge in [0.05, 0.1) is 6.10 Å². The van der Waals surface area contributed by atoms with E-state index < -0.39 is 0 Å². The van der Waals surface area contributed by atoms with Crippen molar-refractivity contribution < 1.29 is 4.74 Å². The minimum Gasteiger partial charge on any atom is -0.381 e. The topological polar surface area (TPSA) is 9.23 Å². The predicted molar refractivity (Wildman–Crippen MR) is 119 cm³/mol. The zero-order valence-electron chi connectivity index (χ0n) is 19.6. The number of hydrogen-bond acceptors (Lipinski definition) is 1. The molecule has 0 aliphatic heterocycles. The zero-order valence-corrected chi connectivity index (χ0v) is 19.6. The summed E-state index contributed by atoms with van der Waals surface area (Å²) in [6.45, 7) is 10.2. The van der Waals surface area contributed by atoms with Gasteiger partial charge in [0.1, 0.15) is 0 Å². The summed E-state index contributed by atoms with van der Waals surface area (Å²) in [5.41, 5.74) is 1.29. The molecule has 8 atom stereocenters. The van der Waals surface area contributed by atoms with E-state index >= 15 is 0 Å². The highest BCUT2D eigenvalue weighted by Gasteiger charge is 2.59. The van der Waals surface area contributed by atoms with Crippen LogP contribution in [0, 0.1) is 46.3 Å². The van der Waals surface area contributed by atoms with Crippen LogP contribution in [0.1, 0.15) is 111 Å². The highest BCUT2D eigenvalue weighted by molar-refractivity contribution is 5.09. The maximum absolute atomic E-state index is 5.78. The Morgan fingerprint density at radius 3 is 2.36 bits per heavy atom. The molecule has 1 nitrogen and oxygen atoms in total. The number of methoxy groups -OCH3 is 1. The van der Waals surface area contributed by atoms with Crippen LogP contribution in [0.5, 0.6) is 0 Å². The molecule has 0 aromatic rings. The normalized spacial score (nSPS) is 48.2. The Kier molecular flexibility index (Phi) is 6.24. The Labute approximate surface area is 175 Å². The second-order valence-electron chi connectivity index (χ2n) is 12.3. The Morgan fingerprint density at radius 1 is 0.857 bits per heavy atom. The van der Waals surface area contributed by atoms with Crippen LogP contribution >= 0.6 is 0 Å². The lowest BCUT2D eigenvalue weighted by molar-refractivity contribution is -0.130. The highest BCUT2D eigenvalue weighted by Crippen LogP contribution is 2.68. The third-order valence-electron chi connectivity index (χ3n) is 10.7. The van der Waals surface area contributed by atoms with Gasteiger partial charge in [0.25, 0.3) is 0 Å². The van der Waals surface area contributed by atoms with Crippen molar-refractivity contribution in [3.05, 3.63) is 0 Å². The lowest BCUT2D eigenvalue weighted by Gasteiger charge is -2.61. The van der Waals surface area contributed by atoms with Crippen molar-refractivity contribution in [2.45, 2.75) is 117 Å². The van der Waals surface area contributed by atoms with Gasteiger partial charge in [-0.1, -0.05) is 47.0 Å². The minimum atomic E-state index is 0.546. The van der Waals surface area contributed by atoms with Gasteiger partial charge >= 0.3 is 0 Å². The van der Waals surface area contributed by atoms with E-state index in [-0.39, 0.29) is 0 Å². The third-order valence-corrected chi connectivity index (χ3v) is 10.7. The van der Waals surface area contributed by atoms with Crippen LogP contribution in [0.15, 0.2) is 0 Å². The van der Waals surface area contributed by atoms with Crippen LogP contribution in [-0.2, 0) is 4.74 Å². The first-order valence-electron chi connectivity index (χ1n) is 12.9. The SMILES string of the molecule is COC1CCC2(C)C(CCC3C4CCC(CCCCC(C)C)C4(C)CCC32)C1. The second-order valence-corrected chi connectivity index (χ2v) is 12.3. The third kappa shape index (κ3) is 3.61. The van der Waals surface area contributed by atoms with Crippen molar-refractivity contribution in [1.29, 1.82) is 0 Å². The van der Waals surface area contributed by atoms with Gasteiger partial charge in [-0.05, 0) is 111 Å². The van der Waals surface area contributed by atoms with Gasteiger partial charge in [0, 0.05) is 7.11 Å². The van der Waals surface area contributed by atoms with Crippen LogP contribution < -0.4 is 0 Å². The molecule has 4 aliphatic rings. The molecule has 4 fully saturated rings. The summed E-state index contributed by atoms with van der Waals surface area (Å²) in [6, 6.07) is 0. The van der Waals surface area contributed by atoms with E-state index in [1.165, 1.54) is 77.0 Å². The molecular formula is C27H48O. The summed E-state index contributed by atoms with van der Waals surface area (Å²) in [4.78, 5) is 0. The molecule has 0 aromatic heterocycles. The standard InChI is InChI=1S/C27H48O/c1-19(2)8-6-7-9-20-11-13-24-23-12-10-21-18-22(28-5)14-16-27(21,4)25(23)15-17-26(20,24)3/h19-25H,6-18H2,1-5H3. The summed E-state index contributed by atoms with van der Waals surface area (Å²) in [5.74, 6) is 5.94. The number of ether oxygens (including phenoxy) is 1. The van der Waals surface area contributed by atoms with Crippen LogP contribution in [0.4, 0.5) is 0 Å². The van der Waals surface area contributed by atoms with Crippen LogP contribution in [0.25, 0.3) is 0 Å². The quantitative estimate of drug-likeness (QED) is 0.420. The van der Waals surface area contributed by atoms with E-state index in [4.69, 9.17) is 4.74 Å². The van der Waals surface area contributed by atoms with Crippen molar-refractivity contribution in [1.82, 2.24) is 0 Å². The molecule has 4 saturated carbocycles. The number of fused-ring (bicyclic) bond motifs is 5. The first-order valence-corrected chi connectivity index (χ1v) is 12.9. The van der Waals surface area contributed by atoms with Crippen molar-refractivity contribution in [3.63, 3.8) is 0 Å². The van der Waals surface area contributed by atoms with E-state index in [0.717, 1.165) is 35.5 Å². The van der Waals surface area contributed by atoms with E-state index in [2.05, 4.69) is 27.7 Å². The lowest BCUT2D eigenvalue weighted by Crippen LogP contribution is -2.54. The van der Waals surface area contributed by atoms with Crippen LogP contribution in [-0.4, -0.2) is 13.2 Å². The van der Waals surface area contributed by atoms with E-state index in [1.807, 2.05) is 7.11 Å². The first kappa shape index (κ1) is 21.2. The molecule has 162 valence electrons.